The lowest BCUT2D eigenvalue weighted by Crippen LogP contribution is -2.31. The Hall–Kier alpha value is -2.97. The molecule has 0 aliphatic carbocycles. The highest BCUT2D eigenvalue weighted by atomic mass is 19.4. The topological polar surface area (TPSA) is 81.2 Å². The van der Waals surface area contributed by atoms with Crippen LogP contribution in [0.15, 0.2) is 30.5 Å². The fraction of sp³-hybridized carbons (Fsp3) is 0.400. The molecule has 0 saturated carbocycles. The van der Waals surface area contributed by atoms with Crippen LogP contribution in [0.4, 0.5) is 13.2 Å². The molecule has 6 nitrogen and oxygen atoms in total. The molecule has 0 fully saturated rings. The minimum Gasteiger partial charge on any atom is -0.465 e. The molecule has 2 heterocycles. The lowest BCUT2D eigenvalue weighted by atomic mass is 10.1. The number of ketones is 1. The minimum atomic E-state index is -4.47. The largest absolute Gasteiger partial charge is 0.465 e. The summed E-state index contributed by atoms with van der Waals surface area (Å²) in [5, 5.41) is 2.71. The zero-order chi connectivity index (χ0) is 21.6. The van der Waals surface area contributed by atoms with Gasteiger partial charge in [-0.1, -0.05) is 13.0 Å². The summed E-state index contributed by atoms with van der Waals surface area (Å²) in [7, 11) is 0. The first kappa shape index (κ1) is 22.3. The lowest BCUT2D eigenvalue weighted by molar-refractivity contribution is -0.189. The molecule has 0 saturated heterocycles. The standard InChI is InChI=1S/C20H22F3N3O3/c1-4-17(27)9-16-8-15(7-12(2)26-16)19(28)25-11-14-5-6-18(24-10-14)29-13(3)20(21,22)23/h5-8,10,13H,4,9,11H2,1-3H3,(H,25,28)/t13-/m1/s1. The van der Waals surface area contributed by atoms with E-state index in [0.717, 1.165) is 6.92 Å². The average Bonchev–Trinajstić information content (AvgIpc) is 2.65. The summed E-state index contributed by atoms with van der Waals surface area (Å²) in [6.45, 7) is 4.53. The number of rotatable bonds is 8. The Kier molecular flexibility index (Phi) is 7.30. The lowest BCUT2D eigenvalue weighted by Gasteiger charge is -2.16. The van der Waals surface area contributed by atoms with Crippen molar-refractivity contribution in [3.8, 4) is 5.88 Å². The zero-order valence-electron chi connectivity index (χ0n) is 16.3. The highest BCUT2D eigenvalue weighted by Gasteiger charge is 2.38. The summed E-state index contributed by atoms with van der Waals surface area (Å²) in [5.41, 5.74) is 2.13. The van der Waals surface area contributed by atoms with Crippen LogP contribution < -0.4 is 10.1 Å². The summed E-state index contributed by atoms with van der Waals surface area (Å²) in [4.78, 5) is 32.1. The van der Waals surface area contributed by atoms with Crippen LogP contribution in [0.2, 0.25) is 0 Å². The Balaban J connectivity index is 1.98. The molecule has 2 aromatic heterocycles. The molecule has 0 bridgehead atoms. The van der Waals surface area contributed by atoms with E-state index in [1.54, 1.807) is 26.0 Å². The molecule has 0 unspecified atom stereocenters. The van der Waals surface area contributed by atoms with Gasteiger partial charge in [0.2, 0.25) is 5.88 Å². The SMILES string of the molecule is CCC(=O)Cc1cc(C(=O)NCc2ccc(O[C@H](C)C(F)(F)F)nc2)cc(C)n1. The first-order valence-corrected chi connectivity index (χ1v) is 9.04. The third kappa shape index (κ3) is 6.85. The number of nitrogens with zero attached hydrogens (tertiary/aromatic N) is 2. The molecule has 0 aromatic carbocycles. The molecular formula is C20H22F3N3O3. The third-order valence-electron chi connectivity index (χ3n) is 4.05. The quantitative estimate of drug-likeness (QED) is 0.721. The molecule has 1 amide bonds. The second kappa shape index (κ2) is 9.49. The smallest absolute Gasteiger partial charge is 0.425 e. The second-order valence-electron chi connectivity index (χ2n) is 6.55. The Bertz CT molecular complexity index is 868. The van der Waals surface area contributed by atoms with Crippen LogP contribution in [-0.4, -0.2) is 33.9 Å². The number of alkyl halides is 3. The predicted molar refractivity (Wildman–Crippen MR) is 99.5 cm³/mol. The summed E-state index contributed by atoms with van der Waals surface area (Å²) in [5.74, 6) is -0.478. The van der Waals surface area contributed by atoms with Gasteiger partial charge in [0.25, 0.3) is 5.91 Å². The molecule has 29 heavy (non-hydrogen) atoms. The number of aromatic nitrogens is 2. The highest BCUT2D eigenvalue weighted by molar-refractivity contribution is 5.94. The van der Waals surface area contributed by atoms with Gasteiger partial charge in [-0.25, -0.2) is 4.98 Å². The van der Waals surface area contributed by atoms with Crippen molar-refractivity contribution in [3.05, 3.63) is 53.0 Å². The van der Waals surface area contributed by atoms with E-state index in [2.05, 4.69) is 15.3 Å². The van der Waals surface area contributed by atoms with Gasteiger partial charge >= 0.3 is 6.18 Å². The number of Topliss-reactive ketones (excluding diaryl/α,β-unsaturated/α-hetero) is 1. The number of carbonyl (C=O) groups is 2. The number of carbonyl (C=O) groups excluding carboxylic acids is 2. The maximum absolute atomic E-state index is 12.5. The number of nitrogens with one attached hydrogen (secondary N) is 1. The highest BCUT2D eigenvalue weighted by Crippen LogP contribution is 2.23. The molecule has 0 radical (unpaired) electrons. The van der Waals surface area contributed by atoms with E-state index in [4.69, 9.17) is 4.74 Å². The van der Waals surface area contributed by atoms with Crippen LogP contribution in [0.25, 0.3) is 0 Å². The van der Waals surface area contributed by atoms with Crippen LogP contribution in [0.3, 0.4) is 0 Å². The van der Waals surface area contributed by atoms with E-state index >= 15 is 0 Å². The van der Waals surface area contributed by atoms with Crippen molar-refractivity contribution >= 4 is 11.7 Å². The Morgan fingerprint density at radius 2 is 1.97 bits per heavy atom. The maximum atomic E-state index is 12.5. The molecule has 0 aliphatic rings. The number of hydrogen-bond acceptors (Lipinski definition) is 5. The summed E-state index contributed by atoms with van der Waals surface area (Å²) < 4.78 is 42.3. The van der Waals surface area contributed by atoms with Crippen LogP contribution >= 0.6 is 0 Å². The summed E-state index contributed by atoms with van der Waals surface area (Å²) in [6.07, 6.45) is -4.55. The fourth-order valence-corrected chi connectivity index (χ4v) is 2.40. The zero-order valence-corrected chi connectivity index (χ0v) is 16.3. The van der Waals surface area contributed by atoms with E-state index in [-0.39, 0.29) is 30.5 Å². The first-order chi connectivity index (χ1) is 13.6. The van der Waals surface area contributed by atoms with Crippen molar-refractivity contribution in [1.29, 1.82) is 0 Å². The molecule has 2 aromatic rings. The fourth-order valence-electron chi connectivity index (χ4n) is 2.40. The molecule has 0 spiro atoms. The summed E-state index contributed by atoms with van der Waals surface area (Å²) >= 11 is 0. The van der Waals surface area contributed by atoms with E-state index in [1.165, 1.54) is 18.3 Å². The molecule has 2 rings (SSSR count). The molecule has 1 atom stereocenters. The van der Waals surface area contributed by atoms with E-state index in [1.807, 2.05) is 0 Å². The van der Waals surface area contributed by atoms with Crippen molar-refractivity contribution in [1.82, 2.24) is 15.3 Å². The van der Waals surface area contributed by atoms with Crippen molar-refractivity contribution in [2.75, 3.05) is 0 Å². The number of aryl methyl sites for hydroxylation is 1. The maximum Gasteiger partial charge on any atom is 0.425 e. The summed E-state index contributed by atoms with van der Waals surface area (Å²) in [6, 6.07) is 6.02. The van der Waals surface area contributed by atoms with Crippen LogP contribution in [0, 0.1) is 6.92 Å². The van der Waals surface area contributed by atoms with Gasteiger partial charge in [-0.05, 0) is 31.5 Å². The predicted octanol–water partition coefficient (Wildman–Crippen LogP) is 3.57. The van der Waals surface area contributed by atoms with Gasteiger partial charge < -0.3 is 10.1 Å². The third-order valence-corrected chi connectivity index (χ3v) is 4.05. The monoisotopic (exact) mass is 409 g/mol. The van der Waals surface area contributed by atoms with Crippen molar-refractivity contribution in [3.63, 3.8) is 0 Å². The van der Waals surface area contributed by atoms with Gasteiger partial charge in [-0.15, -0.1) is 0 Å². The average molecular weight is 409 g/mol. The minimum absolute atomic E-state index is 0.0303. The molecule has 1 N–H and O–H groups in total. The molecular weight excluding hydrogens is 387 g/mol. The van der Waals surface area contributed by atoms with Crippen LogP contribution in [0.1, 0.15) is 47.6 Å². The van der Waals surface area contributed by atoms with Crippen LogP contribution in [-0.2, 0) is 17.8 Å². The number of amides is 1. The molecule has 156 valence electrons. The van der Waals surface area contributed by atoms with Crippen molar-refractivity contribution in [2.45, 2.75) is 52.4 Å². The van der Waals surface area contributed by atoms with Crippen LogP contribution in [0.5, 0.6) is 5.88 Å². The number of hydrogen-bond donors (Lipinski definition) is 1. The molecule has 0 aliphatic heterocycles. The Labute approximate surface area is 166 Å². The van der Waals surface area contributed by atoms with Gasteiger partial charge in [0.1, 0.15) is 5.78 Å². The molecule has 9 heteroatoms. The van der Waals surface area contributed by atoms with Gasteiger partial charge in [0.05, 0.1) is 0 Å². The second-order valence-corrected chi connectivity index (χ2v) is 6.55. The van der Waals surface area contributed by atoms with Gasteiger partial charge in [-0.2, -0.15) is 13.2 Å². The number of pyridine rings is 2. The first-order valence-electron chi connectivity index (χ1n) is 9.04. The van der Waals surface area contributed by atoms with E-state index in [0.29, 0.717) is 28.9 Å². The Morgan fingerprint density at radius 1 is 1.24 bits per heavy atom. The van der Waals surface area contributed by atoms with Gasteiger partial charge in [-0.3, -0.25) is 14.6 Å². The number of halogens is 3. The van der Waals surface area contributed by atoms with E-state index < -0.39 is 12.3 Å². The van der Waals surface area contributed by atoms with Crippen molar-refractivity contribution < 1.29 is 27.5 Å². The van der Waals surface area contributed by atoms with E-state index in [9.17, 15) is 22.8 Å². The normalized spacial score (nSPS) is 12.3. The van der Waals surface area contributed by atoms with Gasteiger partial charge in [0, 0.05) is 48.6 Å². The number of ether oxygens (including phenoxy) is 1. The van der Waals surface area contributed by atoms with Crippen molar-refractivity contribution in [2.24, 2.45) is 0 Å². The van der Waals surface area contributed by atoms with Gasteiger partial charge in [0.15, 0.2) is 6.10 Å². The Morgan fingerprint density at radius 3 is 2.55 bits per heavy atom.